The second kappa shape index (κ2) is 10.4. The smallest absolute Gasteiger partial charge is 0.254 e. The van der Waals surface area contributed by atoms with Gasteiger partial charge in [-0.3, -0.25) is 14.3 Å². The van der Waals surface area contributed by atoms with Crippen molar-refractivity contribution in [3.8, 4) is 0 Å². The first-order chi connectivity index (χ1) is 16.0. The maximum Gasteiger partial charge on any atom is 0.254 e. The first kappa shape index (κ1) is 23.3. The lowest BCUT2D eigenvalue weighted by molar-refractivity contribution is -0.120. The average Bonchev–Trinajstić information content (AvgIpc) is 3.45. The van der Waals surface area contributed by atoms with Crippen LogP contribution in [-0.2, 0) is 20.9 Å². The van der Waals surface area contributed by atoms with Crippen LogP contribution in [-0.4, -0.2) is 54.2 Å². The number of methoxy groups -OCH3 is 1. The summed E-state index contributed by atoms with van der Waals surface area (Å²) in [5.74, 6) is -0.876. The van der Waals surface area contributed by atoms with Crippen LogP contribution in [0.5, 0.6) is 0 Å². The molecule has 1 aliphatic heterocycles. The van der Waals surface area contributed by atoms with E-state index < -0.39 is 5.92 Å². The highest BCUT2D eigenvalue weighted by atomic mass is 16.5. The van der Waals surface area contributed by atoms with Crippen molar-refractivity contribution in [3.63, 3.8) is 0 Å². The second-order valence-electron chi connectivity index (χ2n) is 8.89. The van der Waals surface area contributed by atoms with Crippen LogP contribution < -0.4 is 5.32 Å². The van der Waals surface area contributed by atoms with E-state index in [0.717, 1.165) is 34.9 Å². The van der Waals surface area contributed by atoms with E-state index in [1.54, 1.807) is 20.2 Å². The molecule has 8 heteroatoms. The van der Waals surface area contributed by atoms with Crippen LogP contribution in [0, 0.1) is 5.92 Å². The average molecular weight is 453 g/mol. The third kappa shape index (κ3) is 5.23. The van der Waals surface area contributed by atoms with Crippen molar-refractivity contribution in [2.45, 2.75) is 52.2 Å². The quantitative estimate of drug-likeness (QED) is 0.587. The number of hydrogen-bond donors (Lipinski definition) is 1. The molecule has 0 radical (unpaired) electrons. The van der Waals surface area contributed by atoms with Gasteiger partial charge in [0.2, 0.25) is 0 Å². The molecule has 33 heavy (non-hydrogen) atoms. The van der Waals surface area contributed by atoms with Gasteiger partial charge in [0.15, 0.2) is 0 Å². The Bertz CT molecular complexity index is 1100. The zero-order chi connectivity index (χ0) is 23.4. The summed E-state index contributed by atoms with van der Waals surface area (Å²) in [6, 6.07) is 4.29. The highest BCUT2D eigenvalue weighted by Crippen LogP contribution is 2.33. The van der Waals surface area contributed by atoms with Crippen LogP contribution in [0.1, 0.15) is 61.5 Å². The number of rotatable bonds is 9. The molecule has 1 aromatic heterocycles. The number of aromatic nitrogens is 2. The minimum Gasteiger partial charge on any atom is -0.382 e. The lowest BCUT2D eigenvalue weighted by Gasteiger charge is -2.19. The van der Waals surface area contributed by atoms with Crippen molar-refractivity contribution in [1.29, 1.82) is 0 Å². The molecule has 1 N–H and O–H groups in total. The van der Waals surface area contributed by atoms with Crippen molar-refractivity contribution in [2.24, 2.45) is 10.9 Å². The lowest BCUT2D eigenvalue weighted by atomic mass is 9.95. The molecule has 1 unspecified atom stereocenters. The molecule has 2 aliphatic rings. The normalized spacial score (nSPS) is 19.1. The highest BCUT2D eigenvalue weighted by Gasteiger charge is 2.26. The zero-order valence-electron chi connectivity index (χ0n) is 19.6. The van der Waals surface area contributed by atoms with Crippen LogP contribution >= 0.6 is 0 Å². The van der Waals surface area contributed by atoms with Gasteiger partial charge in [0, 0.05) is 24.8 Å². The summed E-state index contributed by atoms with van der Waals surface area (Å²) < 4.78 is 12.8. The van der Waals surface area contributed by atoms with Crippen LogP contribution in [0.25, 0.3) is 10.9 Å². The topological polar surface area (TPSA) is 94.8 Å². The Labute approximate surface area is 194 Å². The third-order valence-electron chi connectivity index (χ3n) is 6.43. The van der Waals surface area contributed by atoms with Gasteiger partial charge in [0.25, 0.3) is 11.8 Å². The molecule has 4 rings (SSSR count). The standard InChI is InChI=1S/C25H32N4O4/c1-16-10-17(2)28-25(31)21(16)13-26-24(30)20-11-18(15-33-9-8-32-3)12-23-22(20)14-27-29(23)19-6-4-5-7-19/h10-12,14,19,21H,4-9,13,15H2,1-3H3,(H,26,30). The Hall–Kier alpha value is -2.84. The zero-order valence-corrected chi connectivity index (χ0v) is 19.6. The van der Waals surface area contributed by atoms with Gasteiger partial charge >= 0.3 is 0 Å². The number of aliphatic imine (C=N–C) groups is 1. The number of nitrogens with one attached hydrogen (secondary N) is 1. The van der Waals surface area contributed by atoms with Crippen LogP contribution in [0.3, 0.4) is 0 Å². The van der Waals surface area contributed by atoms with Crippen molar-refractivity contribution >= 4 is 28.4 Å². The molecule has 2 heterocycles. The Kier molecular flexibility index (Phi) is 7.35. The molecule has 8 nitrogen and oxygen atoms in total. The van der Waals surface area contributed by atoms with E-state index in [9.17, 15) is 9.59 Å². The number of fused-ring (bicyclic) bond motifs is 1. The SMILES string of the molecule is COCCOCc1cc(C(=O)NCC2C(=O)N=C(C)C=C2C)c2cnn(C3CCCC3)c2c1. The van der Waals surface area contributed by atoms with Crippen molar-refractivity contribution in [2.75, 3.05) is 26.9 Å². The van der Waals surface area contributed by atoms with Gasteiger partial charge in [-0.1, -0.05) is 18.4 Å². The van der Waals surface area contributed by atoms with E-state index in [1.165, 1.54) is 12.8 Å². The first-order valence-corrected chi connectivity index (χ1v) is 11.6. The van der Waals surface area contributed by atoms with Gasteiger partial charge in [-0.05, 0) is 50.5 Å². The minimum absolute atomic E-state index is 0.212. The number of allylic oxidation sites excluding steroid dienone is 1. The minimum atomic E-state index is -0.435. The number of carbonyl (C=O) groups excluding carboxylic acids is 2. The van der Waals surface area contributed by atoms with Crippen LogP contribution in [0.2, 0.25) is 0 Å². The predicted molar refractivity (Wildman–Crippen MR) is 126 cm³/mol. The summed E-state index contributed by atoms with van der Waals surface area (Å²) in [5.41, 5.74) is 4.01. The van der Waals surface area contributed by atoms with E-state index in [0.29, 0.717) is 37.1 Å². The molecule has 1 fully saturated rings. The predicted octanol–water partition coefficient (Wildman–Crippen LogP) is 3.61. The monoisotopic (exact) mass is 452 g/mol. The van der Waals surface area contributed by atoms with E-state index in [1.807, 2.05) is 19.1 Å². The van der Waals surface area contributed by atoms with Crippen LogP contribution in [0.4, 0.5) is 0 Å². The molecule has 1 aliphatic carbocycles. The molecule has 1 atom stereocenters. The highest BCUT2D eigenvalue weighted by molar-refractivity contribution is 6.08. The van der Waals surface area contributed by atoms with E-state index >= 15 is 0 Å². The number of amides is 2. The molecule has 0 bridgehead atoms. The molecule has 1 saturated carbocycles. The molecular formula is C25H32N4O4. The first-order valence-electron chi connectivity index (χ1n) is 11.6. The molecule has 176 valence electrons. The number of benzene rings is 1. The fourth-order valence-electron chi connectivity index (χ4n) is 4.69. The summed E-state index contributed by atoms with van der Waals surface area (Å²) in [6.45, 7) is 5.28. The van der Waals surface area contributed by atoms with Gasteiger partial charge < -0.3 is 14.8 Å². The number of carbonyl (C=O) groups is 2. The molecule has 0 saturated heterocycles. The van der Waals surface area contributed by atoms with E-state index in [2.05, 4.69) is 26.2 Å². The van der Waals surface area contributed by atoms with E-state index in [-0.39, 0.29) is 18.4 Å². The Morgan fingerprint density at radius 2 is 2.00 bits per heavy atom. The summed E-state index contributed by atoms with van der Waals surface area (Å²) in [6.07, 6.45) is 8.26. The fraction of sp³-hybridized carbons (Fsp3) is 0.520. The molecule has 2 amide bonds. The molecular weight excluding hydrogens is 420 g/mol. The second-order valence-corrected chi connectivity index (χ2v) is 8.89. The molecule has 1 aromatic carbocycles. The number of ether oxygens (including phenoxy) is 2. The largest absolute Gasteiger partial charge is 0.382 e. The summed E-state index contributed by atoms with van der Waals surface area (Å²) in [4.78, 5) is 29.6. The van der Waals surface area contributed by atoms with Gasteiger partial charge in [0.05, 0.1) is 49.1 Å². The number of nitrogens with zero attached hydrogens (tertiary/aromatic N) is 3. The fourth-order valence-corrected chi connectivity index (χ4v) is 4.69. The third-order valence-corrected chi connectivity index (χ3v) is 6.43. The van der Waals surface area contributed by atoms with Crippen molar-refractivity contribution < 1.29 is 19.1 Å². The van der Waals surface area contributed by atoms with Crippen molar-refractivity contribution in [1.82, 2.24) is 15.1 Å². The number of hydrogen-bond acceptors (Lipinski definition) is 5. The van der Waals surface area contributed by atoms with Crippen molar-refractivity contribution in [3.05, 3.63) is 41.1 Å². The van der Waals surface area contributed by atoms with E-state index in [4.69, 9.17) is 9.47 Å². The molecule has 2 aromatic rings. The Morgan fingerprint density at radius 1 is 1.21 bits per heavy atom. The summed E-state index contributed by atoms with van der Waals surface area (Å²) >= 11 is 0. The van der Waals surface area contributed by atoms with Gasteiger partial charge in [-0.25, -0.2) is 4.99 Å². The van der Waals surface area contributed by atoms with Crippen LogP contribution in [0.15, 0.2) is 35.0 Å². The lowest BCUT2D eigenvalue weighted by Crippen LogP contribution is -2.34. The molecule has 0 spiro atoms. The Morgan fingerprint density at radius 3 is 2.73 bits per heavy atom. The maximum atomic E-state index is 13.3. The maximum absolute atomic E-state index is 13.3. The Balaban J connectivity index is 1.58. The van der Waals surface area contributed by atoms with Gasteiger partial charge in [0.1, 0.15) is 0 Å². The van der Waals surface area contributed by atoms with Gasteiger partial charge in [-0.2, -0.15) is 5.10 Å². The van der Waals surface area contributed by atoms with Gasteiger partial charge in [-0.15, -0.1) is 0 Å². The number of dihydropyridines is 1. The summed E-state index contributed by atoms with van der Waals surface area (Å²) in [7, 11) is 1.64. The summed E-state index contributed by atoms with van der Waals surface area (Å²) in [5, 5.41) is 8.42.